The van der Waals surface area contributed by atoms with E-state index in [0.29, 0.717) is 23.0 Å². The van der Waals surface area contributed by atoms with E-state index in [4.69, 9.17) is 19.9 Å². The molecule has 0 saturated heterocycles. The average molecular weight is 312 g/mol. The fraction of sp³-hybridized carbons (Fsp3) is 0.250. The van der Waals surface area contributed by atoms with Crippen molar-refractivity contribution in [2.45, 2.75) is 12.8 Å². The molecule has 1 unspecified atom stereocenters. The molecule has 1 aliphatic rings. The lowest BCUT2D eigenvalue weighted by Crippen LogP contribution is -2.21. The molecule has 118 valence electrons. The molecule has 3 rings (SSSR count). The fourth-order valence-electron chi connectivity index (χ4n) is 2.76. The van der Waals surface area contributed by atoms with Crippen molar-refractivity contribution in [1.82, 2.24) is 10.2 Å². The van der Waals surface area contributed by atoms with Gasteiger partial charge >= 0.3 is 0 Å². The Hall–Kier alpha value is -3.14. The SMILES string of the molecule is COc1ccc(C2C(C#N)=C(N)Oc3n[nH]c(C)c32)cc1OC. The lowest BCUT2D eigenvalue weighted by Gasteiger charge is -2.24. The van der Waals surface area contributed by atoms with E-state index in [9.17, 15) is 5.26 Å². The summed E-state index contributed by atoms with van der Waals surface area (Å²) in [5.41, 5.74) is 8.69. The van der Waals surface area contributed by atoms with Crippen molar-refractivity contribution >= 4 is 0 Å². The van der Waals surface area contributed by atoms with Gasteiger partial charge in [0.1, 0.15) is 11.6 Å². The Morgan fingerprint density at radius 2 is 2.04 bits per heavy atom. The van der Waals surface area contributed by atoms with E-state index in [2.05, 4.69) is 16.3 Å². The van der Waals surface area contributed by atoms with Gasteiger partial charge in [-0.1, -0.05) is 6.07 Å². The number of rotatable bonds is 3. The zero-order chi connectivity index (χ0) is 16.6. The van der Waals surface area contributed by atoms with E-state index in [1.54, 1.807) is 20.3 Å². The molecule has 1 aliphatic heterocycles. The van der Waals surface area contributed by atoms with Crippen molar-refractivity contribution in [3.63, 3.8) is 0 Å². The van der Waals surface area contributed by atoms with Crippen LogP contribution in [0.1, 0.15) is 22.7 Å². The second-order valence-electron chi connectivity index (χ2n) is 5.11. The van der Waals surface area contributed by atoms with Crippen molar-refractivity contribution in [2.24, 2.45) is 5.73 Å². The number of allylic oxidation sites excluding steroid dienone is 1. The van der Waals surface area contributed by atoms with E-state index < -0.39 is 0 Å². The summed E-state index contributed by atoms with van der Waals surface area (Å²) in [6.07, 6.45) is 0. The maximum atomic E-state index is 9.52. The van der Waals surface area contributed by atoms with E-state index in [1.807, 2.05) is 19.1 Å². The van der Waals surface area contributed by atoms with Crippen LogP contribution in [0.2, 0.25) is 0 Å². The second kappa shape index (κ2) is 5.57. The number of nitriles is 1. The molecule has 7 nitrogen and oxygen atoms in total. The molecule has 0 amide bonds. The third-order valence-corrected chi connectivity index (χ3v) is 3.87. The summed E-state index contributed by atoms with van der Waals surface area (Å²) < 4.78 is 16.1. The van der Waals surface area contributed by atoms with Crippen molar-refractivity contribution in [3.8, 4) is 23.4 Å². The number of hydrogen-bond donors (Lipinski definition) is 2. The van der Waals surface area contributed by atoms with Crippen LogP contribution in [0.5, 0.6) is 17.4 Å². The molecule has 1 aromatic heterocycles. The van der Waals surface area contributed by atoms with Gasteiger partial charge < -0.3 is 19.9 Å². The van der Waals surface area contributed by atoms with Gasteiger partial charge in [-0.3, -0.25) is 5.10 Å². The van der Waals surface area contributed by atoms with Crippen LogP contribution in [-0.4, -0.2) is 24.4 Å². The van der Waals surface area contributed by atoms with Gasteiger partial charge in [0.25, 0.3) is 0 Å². The summed E-state index contributed by atoms with van der Waals surface area (Å²) in [5.74, 6) is 1.27. The molecular weight excluding hydrogens is 296 g/mol. The van der Waals surface area contributed by atoms with Crippen LogP contribution in [0.3, 0.4) is 0 Å². The molecular formula is C16H16N4O3. The minimum Gasteiger partial charge on any atom is -0.493 e. The molecule has 0 bridgehead atoms. The average Bonchev–Trinajstić information content (AvgIpc) is 2.93. The van der Waals surface area contributed by atoms with Gasteiger partial charge in [-0.15, -0.1) is 5.10 Å². The number of ether oxygens (including phenoxy) is 3. The Bertz CT molecular complexity index is 832. The molecule has 2 heterocycles. The number of aryl methyl sites for hydroxylation is 1. The Balaban J connectivity index is 2.21. The zero-order valence-electron chi connectivity index (χ0n) is 13.0. The minimum absolute atomic E-state index is 0.0614. The molecule has 23 heavy (non-hydrogen) atoms. The monoisotopic (exact) mass is 312 g/mol. The normalized spacial score (nSPS) is 16.3. The molecule has 0 aliphatic carbocycles. The first-order valence-electron chi connectivity index (χ1n) is 6.95. The van der Waals surface area contributed by atoms with Gasteiger partial charge in [0.05, 0.1) is 20.1 Å². The number of aromatic nitrogens is 2. The first-order chi connectivity index (χ1) is 11.1. The quantitative estimate of drug-likeness (QED) is 0.897. The second-order valence-corrected chi connectivity index (χ2v) is 5.11. The number of fused-ring (bicyclic) bond motifs is 1. The van der Waals surface area contributed by atoms with Crippen LogP contribution >= 0.6 is 0 Å². The molecule has 7 heteroatoms. The van der Waals surface area contributed by atoms with Gasteiger partial charge in [0.2, 0.25) is 11.8 Å². The summed E-state index contributed by atoms with van der Waals surface area (Å²) >= 11 is 0. The van der Waals surface area contributed by atoms with Gasteiger partial charge in [-0.2, -0.15) is 5.26 Å². The Morgan fingerprint density at radius 1 is 1.30 bits per heavy atom. The first-order valence-corrected chi connectivity index (χ1v) is 6.95. The van der Waals surface area contributed by atoms with Crippen LogP contribution in [-0.2, 0) is 0 Å². The summed E-state index contributed by atoms with van der Waals surface area (Å²) in [4.78, 5) is 0. The molecule has 0 fully saturated rings. The first kappa shape index (κ1) is 14.8. The van der Waals surface area contributed by atoms with Gasteiger partial charge in [-0.05, 0) is 24.6 Å². The zero-order valence-corrected chi connectivity index (χ0v) is 13.0. The van der Waals surface area contributed by atoms with E-state index in [1.165, 1.54) is 0 Å². The molecule has 3 N–H and O–H groups in total. The third kappa shape index (κ3) is 2.25. The highest BCUT2D eigenvalue weighted by Gasteiger charge is 2.34. The highest BCUT2D eigenvalue weighted by molar-refractivity contribution is 5.57. The van der Waals surface area contributed by atoms with E-state index >= 15 is 0 Å². The highest BCUT2D eigenvalue weighted by atomic mass is 16.5. The third-order valence-electron chi connectivity index (χ3n) is 3.87. The minimum atomic E-state index is -0.373. The van der Waals surface area contributed by atoms with Crippen LogP contribution < -0.4 is 19.9 Å². The molecule has 0 saturated carbocycles. The lowest BCUT2D eigenvalue weighted by molar-refractivity contribution is 0.354. The van der Waals surface area contributed by atoms with E-state index in [0.717, 1.165) is 16.8 Å². The van der Waals surface area contributed by atoms with Crippen LogP contribution in [0, 0.1) is 18.3 Å². The molecule has 0 spiro atoms. The standard InChI is InChI=1S/C16H16N4O3/c1-8-13-14(9-4-5-11(21-2)12(6-9)22-3)10(7-17)15(18)23-16(13)20-19-8/h4-6,14H,18H2,1-3H3,(H,19,20). The van der Waals surface area contributed by atoms with Crippen molar-refractivity contribution in [3.05, 3.63) is 46.5 Å². The highest BCUT2D eigenvalue weighted by Crippen LogP contribution is 2.44. The van der Waals surface area contributed by atoms with Gasteiger partial charge in [0.15, 0.2) is 11.5 Å². The van der Waals surface area contributed by atoms with Crippen molar-refractivity contribution in [1.29, 1.82) is 5.26 Å². The molecule has 0 radical (unpaired) electrons. The molecule has 1 atom stereocenters. The number of H-pyrrole nitrogens is 1. The van der Waals surface area contributed by atoms with Crippen LogP contribution in [0.15, 0.2) is 29.7 Å². The number of nitrogens with two attached hydrogens (primary N) is 1. The fourth-order valence-corrected chi connectivity index (χ4v) is 2.76. The summed E-state index contributed by atoms with van der Waals surface area (Å²) in [6.45, 7) is 1.87. The van der Waals surface area contributed by atoms with Crippen LogP contribution in [0.4, 0.5) is 0 Å². The smallest absolute Gasteiger partial charge is 0.244 e. The van der Waals surface area contributed by atoms with E-state index in [-0.39, 0.29) is 11.8 Å². The number of hydrogen-bond acceptors (Lipinski definition) is 6. The predicted molar refractivity (Wildman–Crippen MR) is 82.2 cm³/mol. The van der Waals surface area contributed by atoms with Crippen molar-refractivity contribution < 1.29 is 14.2 Å². The predicted octanol–water partition coefficient (Wildman–Crippen LogP) is 1.95. The Kier molecular flexibility index (Phi) is 3.58. The largest absolute Gasteiger partial charge is 0.493 e. The Labute approximate surface area is 133 Å². The van der Waals surface area contributed by atoms with Crippen LogP contribution in [0.25, 0.3) is 0 Å². The summed E-state index contributed by atoms with van der Waals surface area (Å²) in [7, 11) is 3.14. The maximum Gasteiger partial charge on any atom is 0.244 e. The van der Waals surface area contributed by atoms with Crippen molar-refractivity contribution in [2.75, 3.05) is 14.2 Å². The summed E-state index contributed by atoms with van der Waals surface area (Å²) in [5, 5.41) is 16.5. The topological polar surface area (TPSA) is 106 Å². The molecule has 1 aromatic carbocycles. The summed E-state index contributed by atoms with van der Waals surface area (Å²) in [6, 6.07) is 7.64. The molecule has 2 aromatic rings. The number of aromatic amines is 1. The number of nitrogens with one attached hydrogen (secondary N) is 1. The maximum absolute atomic E-state index is 9.52. The number of methoxy groups -OCH3 is 2. The lowest BCUT2D eigenvalue weighted by atomic mass is 9.84. The number of benzene rings is 1. The van der Waals surface area contributed by atoms with Gasteiger partial charge in [0, 0.05) is 11.3 Å². The Morgan fingerprint density at radius 3 is 2.70 bits per heavy atom. The van der Waals surface area contributed by atoms with Gasteiger partial charge in [-0.25, -0.2) is 0 Å². The number of nitrogens with zero attached hydrogens (tertiary/aromatic N) is 2.